The zero-order valence-electron chi connectivity index (χ0n) is 9.25. The fourth-order valence-corrected chi connectivity index (χ4v) is 1.01. The van der Waals surface area contributed by atoms with E-state index in [-0.39, 0.29) is 0 Å². The molecule has 0 saturated heterocycles. The fourth-order valence-electron chi connectivity index (χ4n) is 1.01. The molecule has 0 aliphatic rings. The third kappa shape index (κ3) is 9.80. The van der Waals surface area contributed by atoms with Gasteiger partial charge >= 0.3 is 0 Å². The molecule has 0 amide bonds. The molecule has 0 radical (unpaired) electrons. The first-order valence-electron chi connectivity index (χ1n) is 5.13. The second-order valence-electron chi connectivity index (χ2n) is 3.91. The van der Waals surface area contributed by atoms with Crippen LogP contribution < -0.4 is 5.73 Å². The number of hydrogen-bond acceptors (Lipinski definition) is 3. The van der Waals surface area contributed by atoms with Crippen molar-refractivity contribution in [2.75, 3.05) is 39.9 Å². The molecule has 0 fully saturated rings. The highest BCUT2D eigenvalue weighted by Gasteiger charge is 1.98. The van der Waals surface area contributed by atoms with E-state index in [1.54, 1.807) is 0 Å². The zero-order chi connectivity index (χ0) is 10.1. The first-order valence-corrected chi connectivity index (χ1v) is 5.13. The lowest BCUT2D eigenvalue weighted by atomic mass is 10.2. The molecule has 0 saturated carbocycles. The van der Waals surface area contributed by atoms with Crippen LogP contribution in [-0.2, 0) is 4.74 Å². The second-order valence-corrected chi connectivity index (χ2v) is 3.91. The third-order valence-electron chi connectivity index (χ3n) is 1.81. The van der Waals surface area contributed by atoms with Gasteiger partial charge < -0.3 is 15.4 Å². The first-order chi connectivity index (χ1) is 6.16. The van der Waals surface area contributed by atoms with Crippen molar-refractivity contribution in [3.63, 3.8) is 0 Å². The number of likely N-dealkylation sites (N-methyl/N-ethyl adjacent to an activating group) is 1. The maximum Gasteiger partial charge on any atom is 0.0593 e. The van der Waals surface area contributed by atoms with Crippen molar-refractivity contribution in [3.8, 4) is 0 Å². The largest absolute Gasteiger partial charge is 0.380 e. The van der Waals surface area contributed by atoms with Crippen LogP contribution in [0.1, 0.15) is 20.3 Å². The Kier molecular flexibility index (Phi) is 8.40. The van der Waals surface area contributed by atoms with Gasteiger partial charge in [-0.25, -0.2) is 0 Å². The Balaban J connectivity index is 3.12. The summed E-state index contributed by atoms with van der Waals surface area (Å²) in [6, 6.07) is 0. The van der Waals surface area contributed by atoms with Crippen LogP contribution in [0.2, 0.25) is 0 Å². The van der Waals surface area contributed by atoms with Gasteiger partial charge in [0.25, 0.3) is 0 Å². The minimum absolute atomic E-state index is 0.634. The normalized spacial score (nSPS) is 11.5. The van der Waals surface area contributed by atoms with Gasteiger partial charge in [-0.2, -0.15) is 0 Å². The van der Waals surface area contributed by atoms with Crippen molar-refractivity contribution in [1.29, 1.82) is 0 Å². The summed E-state index contributed by atoms with van der Waals surface area (Å²) < 4.78 is 5.47. The highest BCUT2D eigenvalue weighted by molar-refractivity contribution is 4.51. The lowest BCUT2D eigenvalue weighted by Crippen LogP contribution is -2.26. The SMILES string of the molecule is CC(C)COCCN(C)CCCN. The third-order valence-corrected chi connectivity index (χ3v) is 1.81. The van der Waals surface area contributed by atoms with Crippen molar-refractivity contribution in [2.45, 2.75) is 20.3 Å². The average Bonchev–Trinajstić information content (AvgIpc) is 2.08. The Morgan fingerprint density at radius 2 is 2.00 bits per heavy atom. The molecule has 3 nitrogen and oxygen atoms in total. The summed E-state index contributed by atoms with van der Waals surface area (Å²) in [7, 11) is 2.11. The van der Waals surface area contributed by atoms with Crippen LogP contribution in [0.15, 0.2) is 0 Å². The molecule has 13 heavy (non-hydrogen) atoms. The Hall–Kier alpha value is -0.120. The first kappa shape index (κ1) is 12.9. The van der Waals surface area contributed by atoms with Crippen LogP contribution in [0, 0.1) is 5.92 Å². The van der Waals surface area contributed by atoms with E-state index in [1.165, 1.54) is 0 Å². The van der Waals surface area contributed by atoms with Crippen LogP contribution in [0.3, 0.4) is 0 Å². The van der Waals surface area contributed by atoms with Gasteiger partial charge in [-0.3, -0.25) is 0 Å². The van der Waals surface area contributed by atoms with E-state index in [9.17, 15) is 0 Å². The molecule has 0 aromatic carbocycles. The summed E-state index contributed by atoms with van der Waals surface area (Å²) in [5.41, 5.74) is 5.41. The molecule has 0 aromatic rings. The van der Waals surface area contributed by atoms with Crippen LogP contribution in [0.5, 0.6) is 0 Å². The number of rotatable bonds is 8. The number of nitrogens with two attached hydrogens (primary N) is 1. The second kappa shape index (κ2) is 8.48. The molecule has 80 valence electrons. The number of ether oxygens (including phenoxy) is 1. The monoisotopic (exact) mass is 188 g/mol. The van der Waals surface area contributed by atoms with Crippen LogP contribution in [0.4, 0.5) is 0 Å². The summed E-state index contributed by atoms with van der Waals surface area (Å²) in [5.74, 6) is 0.634. The van der Waals surface area contributed by atoms with Crippen molar-refractivity contribution < 1.29 is 4.74 Å². The van der Waals surface area contributed by atoms with Crippen LogP contribution in [-0.4, -0.2) is 44.8 Å². The zero-order valence-corrected chi connectivity index (χ0v) is 9.25. The summed E-state index contributed by atoms with van der Waals surface area (Å²) in [6.45, 7) is 8.88. The van der Waals surface area contributed by atoms with Crippen molar-refractivity contribution >= 4 is 0 Å². The van der Waals surface area contributed by atoms with Gasteiger partial charge in [0.1, 0.15) is 0 Å². The van der Waals surface area contributed by atoms with Gasteiger partial charge in [-0.05, 0) is 32.5 Å². The topological polar surface area (TPSA) is 38.5 Å². The maximum absolute atomic E-state index is 5.47. The maximum atomic E-state index is 5.47. The molecule has 0 rings (SSSR count). The molecular formula is C10H24N2O. The lowest BCUT2D eigenvalue weighted by Gasteiger charge is -2.16. The molecule has 0 aromatic heterocycles. The van der Waals surface area contributed by atoms with Gasteiger partial charge in [0.2, 0.25) is 0 Å². The Morgan fingerprint density at radius 3 is 2.54 bits per heavy atom. The lowest BCUT2D eigenvalue weighted by molar-refractivity contribution is 0.0915. The van der Waals surface area contributed by atoms with E-state index >= 15 is 0 Å². The van der Waals surface area contributed by atoms with Crippen molar-refractivity contribution in [2.24, 2.45) is 11.7 Å². The summed E-state index contributed by atoms with van der Waals surface area (Å²) in [5, 5.41) is 0. The smallest absolute Gasteiger partial charge is 0.0593 e. The molecule has 0 unspecified atom stereocenters. The molecule has 2 N–H and O–H groups in total. The van der Waals surface area contributed by atoms with E-state index in [0.717, 1.165) is 39.3 Å². The number of hydrogen-bond donors (Lipinski definition) is 1. The van der Waals surface area contributed by atoms with E-state index in [1.807, 2.05) is 0 Å². The summed E-state index contributed by atoms with van der Waals surface area (Å²) in [6.07, 6.45) is 1.07. The Bertz CT molecular complexity index is 107. The minimum atomic E-state index is 0.634. The average molecular weight is 188 g/mol. The molecule has 0 heterocycles. The van der Waals surface area contributed by atoms with Gasteiger partial charge in [0.05, 0.1) is 6.61 Å². The predicted molar refractivity (Wildman–Crippen MR) is 56.8 cm³/mol. The minimum Gasteiger partial charge on any atom is -0.380 e. The van der Waals surface area contributed by atoms with E-state index < -0.39 is 0 Å². The van der Waals surface area contributed by atoms with Crippen LogP contribution >= 0.6 is 0 Å². The standard InChI is InChI=1S/C10H24N2O/c1-10(2)9-13-8-7-12(3)6-4-5-11/h10H,4-9,11H2,1-3H3. The Labute approximate surface area is 82.2 Å². The molecule has 3 heteroatoms. The number of nitrogens with zero attached hydrogens (tertiary/aromatic N) is 1. The van der Waals surface area contributed by atoms with Gasteiger partial charge in [0.15, 0.2) is 0 Å². The van der Waals surface area contributed by atoms with Gasteiger partial charge in [0, 0.05) is 13.2 Å². The highest BCUT2D eigenvalue weighted by Crippen LogP contribution is 1.93. The molecule has 0 aliphatic heterocycles. The fraction of sp³-hybridized carbons (Fsp3) is 1.00. The molecule has 0 spiro atoms. The molecule has 0 atom stereocenters. The van der Waals surface area contributed by atoms with Gasteiger partial charge in [-0.1, -0.05) is 13.8 Å². The van der Waals surface area contributed by atoms with Crippen molar-refractivity contribution in [3.05, 3.63) is 0 Å². The highest BCUT2D eigenvalue weighted by atomic mass is 16.5. The Morgan fingerprint density at radius 1 is 1.31 bits per heavy atom. The summed E-state index contributed by atoms with van der Waals surface area (Å²) in [4.78, 5) is 2.26. The molecule has 0 aliphatic carbocycles. The van der Waals surface area contributed by atoms with Crippen LogP contribution in [0.25, 0.3) is 0 Å². The molecular weight excluding hydrogens is 164 g/mol. The van der Waals surface area contributed by atoms with E-state index in [0.29, 0.717) is 5.92 Å². The molecule has 0 bridgehead atoms. The van der Waals surface area contributed by atoms with E-state index in [4.69, 9.17) is 10.5 Å². The van der Waals surface area contributed by atoms with E-state index in [2.05, 4.69) is 25.8 Å². The van der Waals surface area contributed by atoms with Crippen molar-refractivity contribution in [1.82, 2.24) is 4.90 Å². The summed E-state index contributed by atoms with van der Waals surface area (Å²) >= 11 is 0. The quantitative estimate of drug-likeness (QED) is 0.576. The predicted octanol–water partition coefficient (Wildman–Crippen LogP) is 0.940. The van der Waals surface area contributed by atoms with Gasteiger partial charge in [-0.15, -0.1) is 0 Å².